The second-order valence-corrected chi connectivity index (χ2v) is 9.52. The molecule has 0 heterocycles. The average molecular weight is 329 g/mol. The number of fused-ring (bicyclic) bond motifs is 5. The Labute approximate surface area is 145 Å². The van der Waals surface area contributed by atoms with Gasteiger partial charge in [-0.3, -0.25) is 0 Å². The standard InChI is InChI=1S/C21H31NO2/c1-13-11-15-16(19(2)8-5-14(22-24)12-18(13)19)6-9-20(3)17(15)7-10-21(20,4)23/h12,15-17,23-24H,1,5-11H2,2-4H3/b22-14+/t15-,16+,17+,19-,20+,21+/m1/s1. The first-order valence-corrected chi connectivity index (χ1v) is 9.56. The number of hydrogen-bond donors (Lipinski definition) is 2. The summed E-state index contributed by atoms with van der Waals surface area (Å²) in [7, 11) is 0. The van der Waals surface area contributed by atoms with Gasteiger partial charge in [0.05, 0.1) is 11.3 Å². The zero-order valence-corrected chi connectivity index (χ0v) is 15.3. The Morgan fingerprint density at radius 2 is 1.83 bits per heavy atom. The van der Waals surface area contributed by atoms with E-state index in [1.807, 2.05) is 0 Å². The summed E-state index contributed by atoms with van der Waals surface area (Å²) in [5.41, 5.74) is 3.05. The van der Waals surface area contributed by atoms with Gasteiger partial charge in [0, 0.05) is 0 Å². The van der Waals surface area contributed by atoms with E-state index in [0.717, 1.165) is 44.2 Å². The van der Waals surface area contributed by atoms with Gasteiger partial charge in [0.15, 0.2) is 0 Å². The predicted octanol–water partition coefficient (Wildman–Crippen LogP) is 4.70. The van der Waals surface area contributed by atoms with Crippen LogP contribution < -0.4 is 0 Å². The van der Waals surface area contributed by atoms with Gasteiger partial charge in [-0.25, -0.2) is 0 Å². The summed E-state index contributed by atoms with van der Waals surface area (Å²) in [5, 5.41) is 23.6. The fourth-order valence-electron chi connectivity index (χ4n) is 6.90. The molecule has 0 bridgehead atoms. The number of nitrogens with zero attached hydrogens (tertiary/aromatic N) is 1. The van der Waals surface area contributed by atoms with Crippen LogP contribution >= 0.6 is 0 Å². The molecule has 6 atom stereocenters. The Kier molecular flexibility index (Phi) is 3.39. The summed E-state index contributed by atoms with van der Waals surface area (Å²) in [5.74, 6) is 1.91. The van der Waals surface area contributed by atoms with E-state index in [0.29, 0.717) is 17.8 Å². The van der Waals surface area contributed by atoms with Gasteiger partial charge in [0.2, 0.25) is 0 Å². The molecule has 3 fully saturated rings. The van der Waals surface area contributed by atoms with Gasteiger partial charge in [0.1, 0.15) is 0 Å². The molecule has 0 aliphatic heterocycles. The van der Waals surface area contributed by atoms with Crippen LogP contribution in [0, 0.1) is 28.6 Å². The van der Waals surface area contributed by atoms with Crippen molar-refractivity contribution in [2.75, 3.05) is 0 Å². The highest BCUT2D eigenvalue weighted by molar-refractivity contribution is 5.97. The van der Waals surface area contributed by atoms with Crippen molar-refractivity contribution >= 4 is 5.71 Å². The molecule has 2 N–H and O–H groups in total. The highest BCUT2D eigenvalue weighted by atomic mass is 16.4. The molecule has 3 heteroatoms. The lowest BCUT2D eigenvalue weighted by atomic mass is 9.46. The van der Waals surface area contributed by atoms with Gasteiger partial charge in [-0.1, -0.05) is 31.2 Å². The molecule has 0 amide bonds. The molecule has 0 spiro atoms. The second-order valence-electron chi connectivity index (χ2n) is 9.52. The topological polar surface area (TPSA) is 52.8 Å². The summed E-state index contributed by atoms with van der Waals surface area (Å²) < 4.78 is 0. The lowest BCUT2D eigenvalue weighted by Gasteiger charge is -2.59. The van der Waals surface area contributed by atoms with Crippen LogP contribution in [-0.2, 0) is 0 Å². The minimum atomic E-state index is -0.524. The van der Waals surface area contributed by atoms with Crippen LogP contribution in [0.5, 0.6) is 0 Å². The van der Waals surface area contributed by atoms with Crippen LogP contribution in [0.15, 0.2) is 29.0 Å². The maximum Gasteiger partial charge on any atom is 0.0799 e. The number of oxime groups is 1. The zero-order chi connectivity index (χ0) is 17.3. The molecule has 0 aromatic carbocycles. The number of rotatable bonds is 0. The van der Waals surface area contributed by atoms with E-state index in [4.69, 9.17) is 0 Å². The largest absolute Gasteiger partial charge is 0.411 e. The maximum absolute atomic E-state index is 11.0. The highest BCUT2D eigenvalue weighted by Gasteiger charge is 2.62. The minimum Gasteiger partial charge on any atom is -0.411 e. The van der Waals surface area contributed by atoms with Crippen LogP contribution in [0.4, 0.5) is 0 Å². The molecule has 3 saturated carbocycles. The third-order valence-corrected chi connectivity index (χ3v) is 8.64. The number of aliphatic hydroxyl groups is 1. The molecule has 4 rings (SSSR count). The normalized spacial score (nSPS) is 52.5. The van der Waals surface area contributed by atoms with Crippen molar-refractivity contribution < 1.29 is 10.3 Å². The van der Waals surface area contributed by atoms with Crippen LogP contribution in [0.25, 0.3) is 0 Å². The van der Waals surface area contributed by atoms with Crippen molar-refractivity contribution in [3.8, 4) is 0 Å². The van der Waals surface area contributed by atoms with Crippen molar-refractivity contribution in [3.05, 3.63) is 23.8 Å². The Hall–Kier alpha value is -1.09. The molecule has 0 saturated heterocycles. The Bertz CT molecular complexity index is 646. The molecule has 0 unspecified atom stereocenters. The van der Waals surface area contributed by atoms with Crippen LogP contribution in [0.3, 0.4) is 0 Å². The van der Waals surface area contributed by atoms with Gasteiger partial charge in [-0.15, -0.1) is 0 Å². The van der Waals surface area contributed by atoms with Crippen LogP contribution in [0.1, 0.15) is 65.7 Å². The van der Waals surface area contributed by atoms with E-state index < -0.39 is 5.60 Å². The number of allylic oxidation sites excluding steroid dienone is 3. The van der Waals surface area contributed by atoms with E-state index in [1.54, 1.807) is 0 Å². The molecule has 0 aromatic heterocycles. The number of hydrogen-bond acceptors (Lipinski definition) is 3. The van der Waals surface area contributed by atoms with Gasteiger partial charge in [0.25, 0.3) is 0 Å². The molecule has 0 aromatic rings. The summed E-state index contributed by atoms with van der Waals surface area (Å²) >= 11 is 0. The fraction of sp³-hybridized carbons (Fsp3) is 0.762. The summed E-state index contributed by atoms with van der Waals surface area (Å²) in [6.07, 6.45) is 9.45. The summed E-state index contributed by atoms with van der Waals surface area (Å²) in [4.78, 5) is 0. The Morgan fingerprint density at radius 3 is 2.54 bits per heavy atom. The van der Waals surface area contributed by atoms with Crippen LogP contribution in [0.2, 0.25) is 0 Å². The van der Waals surface area contributed by atoms with Gasteiger partial charge in [-0.2, -0.15) is 0 Å². The fourth-order valence-corrected chi connectivity index (χ4v) is 6.90. The van der Waals surface area contributed by atoms with Crippen LogP contribution in [-0.4, -0.2) is 21.6 Å². The quantitative estimate of drug-likeness (QED) is 0.500. The first kappa shape index (κ1) is 16.4. The maximum atomic E-state index is 11.0. The monoisotopic (exact) mass is 329 g/mol. The Balaban J connectivity index is 1.74. The van der Waals surface area contributed by atoms with Crippen molar-refractivity contribution in [1.82, 2.24) is 0 Å². The molecule has 0 radical (unpaired) electrons. The molecular formula is C21H31NO2. The smallest absolute Gasteiger partial charge is 0.0799 e. The minimum absolute atomic E-state index is 0.0540. The molecule has 3 nitrogen and oxygen atoms in total. The lowest BCUT2D eigenvalue weighted by Crippen LogP contribution is -2.54. The average Bonchev–Trinajstić information content (AvgIpc) is 2.78. The van der Waals surface area contributed by atoms with E-state index in [2.05, 4.69) is 38.6 Å². The van der Waals surface area contributed by atoms with E-state index in [1.165, 1.54) is 17.6 Å². The summed E-state index contributed by atoms with van der Waals surface area (Å²) in [6, 6.07) is 0. The highest BCUT2D eigenvalue weighted by Crippen LogP contribution is 2.68. The van der Waals surface area contributed by atoms with E-state index >= 15 is 0 Å². The van der Waals surface area contributed by atoms with E-state index in [9.17, 15) is 10.3 Å². The molecule has 24 heavy (non-hydrogen) atoms. The third-order valence-electron chi connectivity index (χ3n) is 8.64. The second kappa shape index (κ2) is 4.97. The van der Waals surface area contributed by atoms with Crippen molar-refractivity contribution in [2.24, 2.45) is 33.7 Å². The zero-order valence-electron chi connectivity index (χ0n) is 15.3. The van der Waals surface area contributed by atoms with Gasteiger partial charge in [-0.05, 0) is 92.1 Å². The SMILES string of the molecule is C=C1C[C@@H]2[C@H](CC[C@@]3(C)[C@H]2CC[C@]3(C)O)[C@@]2(C)CC/C(=N\O)C=C12. The summed E-state index contributed by atoms with van der Waals surface area (Å²) in [6.45, 7) is 11.2. The van der Waals surface area contributed by atoms with Crippen molar-refractivity contribution in [3.63, 3.8) is 0 Å². The van der Waals surface area contributed by atoms with Gasteiger partial charge < -0.3 is 10.3 Å². The molecular weight excluding hydrogens is 298 g/mol. The first-order valence-electron chi connectivity index (χ1n) is 9.56. The van der Waals surface area contributed by atoms with Gasteiger partial charge >= 0.3 is 0 Å². The lowest BCUT2D eigenvalue weighted by molar-refractivity contribution is -0.113. The molecule has 4 aliphatic rings. The first-order chi connectivity index (χ1) is 11.2. The molecule has 132 valence electrons. The predicted molar refractivity (Wildman–Crippen MR) is 96.1 cm³/mol. The molecule has 4 aliphatic carbocycles. The van der Waals surface area contributed by atoms with Crippen molar-refractivity contribution in [1.29, 1.82) is 0 Å². The van der Waals surface area contributed by atoms with Crippen molar-refractivity contribution in [2.45, 2.75) is 71.3 Å². The Morgan fingerprint density at radius 1 is 1.12 bits per heavy atom. The van der Waals surface area contributed by atoms with E-state index in [-0.39, 0.29) is 10.8 Å². The third kappa shape index (κ3) is 1.91.